The lowest BCUT2D eigenvalue weighted by molar-refractivity contribution is -0.115. The highest BCUT2D eigenvalue weighted by Crippen LogP contribution is 2.30. The molecule has 1 aliphatic heterocycles. The molecular formula is C15H13NO3. The second kappa shape index (κ2) is 4.72. The SMILES string of the molecule is O=CCCc1ccc(-c2ccc3c(c2)NC(=O)C3)o1. The van der Waals surface area contributed by atoms with Gasteiger partial charge in [0, 0.05) is 24.1 Å². The molecule has 0 saturated heterocycles. The summed E-state index contributed by atoms with van der Waals surface area (Å²) >= 11 is 0. The van der Waals surface area contributed by atoms with E-state index in [4.69, 9.17) is 4.42 Å². The molecule has 0 bridgehead atoms. The van der Waals surface area contributed by atoms with Crippen molar-refractivity contribution in [2.45, 2.75) is 19.3 Å². The highest BCUT2D eigenvalue weighted by atomic mass is 16.3. The number of hydrogen-bond donors (Lipinski definition) is 1. The van der Waals surface area contributed by atoms with Gasteiger partial charge in [0.2, 0.25) is 5.91 Å². The third-order valence-electron chi connectivity index (χ3n) is 3.19. The zero-order valence-corrected chi connectivity index (χ0v) is 10.3. The molecule has 0 spiro atoms. The summed E-state index contributed by atoms with van der Waals surface area (Å²) in [6.45, 7) is 0. The molecule has 2 heterocycles. The number of aryl methyl sites for hydroxylation is 1. The van der Waals surface area contributed by atoms with E-state index in [0.29, 0.717) is 19.3 Å². The fourth-order valence-corrected chi connectivity index (χ4v) is 2.24. The van der Waals surface area contributed by atoms with E-state index in [1.807, 2.05) is 30.3 Å². The van der Waals surface area contributed by atoms with E-state index in [2.05, 4.69) is 5.32 Å². The van der Waals surface area contributed by atoms with Gasteiger partial charge < -0.3 is 14.5 Å². The summed E-state index contributed by atoms with van der Waals surface area (Å²) in [7, 11) is 0. The monoisotopic (exact) mass is 255 g/mol. The Kier molecular flexibility index (Phi) is 2.91. The van der Waals surface area contributed by atoms with Crippen molar-refractivity contribution >= 4 is 17.9 Å². The second-order valence-corrected chi connectivity index (χ2v) is 4.57. The van der Waals surface area contributed by atoms with Crippen LogP contribution in [0, 0.1) is 0 Å². The fraction of sp³-hybridized carbons (Fsp3) is 0.200. The van der Waals surface area contributed by atoms with Crippen molar-refractivity contribution in [3.63, 3.8) is 0 Å². The molecule has 3 rings (SSSR count). The van der Waals surface area contributed by atoms with Crippen molar-refractivity contribution in [1.82, 2.24) is 0 Å². The van der Waals surface area contributed by atoms with Crippen LogP contribution in [0.2, 0.25) is 0 Å². The van der Waals surface area contributed by atoms with Gasteiger partial charge >= 0.3 is 0 Å². The zero-order chi connectivity index (χ0) is 13.2. The van der Waals surface area contributed by atoms with E-state index in [0.717, 1.165) is 34.6 Å². The van der Waals surface area contributed by atoms with Gasteiger partial charge in [-0.15, -0.1) is 0 Å². The van der Waals surface area contributed by atoms with Gasteiger partial charge in [-0.2, -0.15) is 0 Å². The maximum absolute atomic E-state index is 11.3. The van der Waals surface area contributed by atoms with E-state index in [1.54, 1.807) is 0 Å². The van der Waals surface area contributed by atoms with E-state index >= 15 is 0 Å². The Labute approximate surface area is 110 Å². The Morgan fingerprint density at radius 1 is 1.26 bits per heavy atom. The minimum atomic E-state index is 0.0262. The molecule has 1 aromatic heterocycles. The predicted octanol–water partition coefficient (Wildman–Crippen LogP) is 2.57. The summed E-state index contributed by atoms with van der Waals surface area (Å²) < 4.78 is 5.69. The number of anilines is 1. The smallest absolute Gasteiger partial charge is 0.228 e. The Morgan fingerprint density at radius 3 is 3.00 bits per heavy atom. The summed E-state index contributed by atoms with van der Waals surface area (Å²) in [6, 6.07) is 9.57. The van der Waals surface area contributed by atoms with Crippen LogP contribution in [0.4, 0.5) is 5.69 Å². The maximum Gasteiger partial charge on any atom is 0.228 e. The average molecular weight is 255 g/mol. The number of hydrogen-bond acceptors (Lipinski definition) is 3. The Morgan fingerprint density at radius 2 is 2.16 bits per heavy atom. The summed E-state index contributed by atoms with van der Waals surface area (Å²) in [6.07, 6.45) is 2.41. The molecule has 1 aromatic carbocycles. The normalized spacial score (nSPS) is 13.2. The second-order valence-electron chi connectivity index (χ2n) is 4.57. The van der Waals surface area contributed by atoms with Crippen LogP contribution in [0.3, 0.4) is 0 Å². The number of amides is 1. The Hall–Kier alpha value is -2.36. The number of fused-ring (bicyclic) bond motifs is 1. The lowest BCUT2D eigenvalue weighted by Crippen LogP contribution is -2.03. The molecule has 2 aromatic rings. The molecule has 96 valence electrons. The first kappa shape index (κ1) is 11.7. The number of aldehydes is 1. The molecule has 0 aliphatic carbocycles. The van der Waals surface area contributed by atoms with Crippen molar-refractivity contribution in [3.05, 3.63) is 41.7 Å². The van der Waals surface area contributed by atoms with Gasteiger partial charge in [0.05, 0.1) is 6.42 Å². The first-order valence-corrected chi connectivity index (χ1v) is 6.22. The van der Waals surface area contributed by atoms with E-state index in [-0.39, 0.29) is 5.91 Å². The van der Waals surface area contributed by atoms with Crippen molar-refractivity contribution in [3.8, 4) is 11.3 Å². The van der Waals surface area contributed by atoms with Crippen LogP contribution in [0.15, 0.2) is 34.7 Å². The van der Waals surface area contributed by atoms with E-state index in [9.17, 15) is 9.59 Å². The Balaban J connectivity index is 1.86. The minimum Gasteiger partial charge on any atom is -0.461 e. The first-order valence-electron chi connectivity index (χ1n) is 6.22. The molecule has 0 fully saturated rings. The largest absolute Gasteiger partial charge is 0.461 e. The summed E-state index contributed by atoms with van der Waals surface area (Å²) in [5.41, 5.74) is 2.80. The number of nitrogens with one attached hydrogen (secondary N) is 1. The number of carbonyl (C=O) groups is 2. The molecule has 1 amide bonds. The van der Waals surface area contributed by atoms with Gasteiger partial charge in [-0.05, 0) is 23.8 Å². The summed E-state index contributed by atoms with van der Waals surface area (Å²) in [5, 5.41) is 2.82. The van der Waals surface area contributed by atoms with Gasteiger partial charge in [-0.1, -0.05) is 12.1 Å². The molecule has 0 atom stereocenters. The minimum absolute atomic E-state index is 0.0262. The van der Waals surface area contributed by atoms with Crippen LogP contribution in [0.25, 0.3) is 11.3 Å². The third-order valence-corrected chi connectivity index (χ3v) is 3.19. The molecule has 0 unspecified atom stereocenters. The van der Waals surface area contributed by atoms with Crippen LogP contribution in [0.5, 0.6) is 0 Å². The number of benzene rings is 1. The third kappa shape index (κ3) is 2.29. The number of furan rings is 1. The van der Waals surface area contributed by atoms with Crippen molar-refractivity contribution in [2.24, 2.45) is 0 Å². The number of carbonyl (C=O) groups excluding carboxylic acids is 2. The van der Waals surface area contributed by atoms with Crippen LogP contribution in [-0.4, -0.2) is 12.2 Å². The number of rotatable bonds is 4. The van der Waals surface area contributed by atoms with E-state index in [1.165, 1.54) is 0 Å². The van der Waals surface area contributed by atoms with Crippen LogP contribution in [-0.2, 0) is 22.4 Å². The molecular weight excluding hydrogens is 242 g/mol. The summed E-state index contributed by atoms with van der Waals surface area (Å²) in [5.74, 6) is 1.58. The maximum atomic E-state index is 11.3. The average Bonchev–Trinajstić information content (AvgIpc) is 3.00. The molecule has 1 aliphatic rings. The lowest BCUT2D eigenvalue weighted by atomic mass is 10.1. The van der Waals surface area contributed by atoms with E-state index < -0.39 is 0 Å². The van der Waals surface area contributed by atoms with Gasteiger partial charge in [-0.3, -0.25) is 4.79 Å². The highest BCUT2D eigenvalue weighted by Gasteiger charge is 2.18. The van der Waals surface area contributed by atoms with Gasteiger partial charge in [-0.25, -0.2) is 0 Å². The zero-order valence-electron chi connectivity index (χ0n) is 10.3. The van der Waals surface area contributed by atoms with Crippen molar-refractivity contribution in [1.29, 1.82) is 0 Å². The topological polar surface area (TPSA) is 59.3 Å². The lowest BCUT2D eigenvalue weighted by Gasteiger charge is -2.02. The van der Waals surface area contributed by atoms with Crippen molar-refractivity contribution < 1.29 is 14.0 Å². The molecule has 4 nitrogen and oxygen atoms in total. The molecule has 0 radical (unpaired) electrons. The van der Waals surface area contributed by atoms with Gasteiger partial charge in [0.15, 0.2) is 0 Å². The highest BCUT2D eigenvalue weighted by molar-refractivity contribution is 5.99. The summed E-state index contributed by atoms with van der Waals surface area (Å²) in [4.78, 5) is 21.6. The fourth-order valence-electron chi connectivity index (χ4n) is 2.24. The van der Waals surface area contributed by atoms with Crippen molar-refractivity contribution in [2.75, 3.05) is 5.32 Å². The van der Waals surface area contributed by atoms with Crippen LogP contribution >= 0.6 is 0 Å². The predicted molar refractivity (Wildman–Crippen MR) is 70.9 cm³/mol. The standard InChI is InChI=1S/C15H13NO3/c17-7-1-2-12-5-6-14(19-12)11-4-3-10-9-15(18)16-13(10)8-11/h3-8H,1-2,9H2,(H,16,18). The van der Waals surface area contributed by atoms with Crippen LogP contribution < -0.4 is 5.32 Å². The quantitative estimate of drug-likeness (QED) is 0.854. The van der Waals surface area contributed by atoms with Gasteiger partial charge in [0.25, 0.3) is 0 Å². The van der Waals surface area contributed by atoms with Crippen LogP contribution in [0.1, 0.15) is 17.7 Å². The van der Waals surface area contributed by atoms with Gasteiger partial charge in [0.1, 0.15) is 17.8 Å². The molecule has 4 heteroatoms. The Bertz CT molecular complexity index is 643. The first-order chi connectivity index (χ1) is 9.26. The molecule has 0 saturated carbocycles. The molecule has 19 heavy (non-hydrogen) atoms. The molecule has 1 N–H and O–H groups in total.